The van der Waals surface area contributed by atoms with Crippen molar-refractivity contribution in [2.24, 2.45) is 0 Å². The van der Waals surface area contributed by atoms with Gasteiger partial charge in [-0.2, -0.15) is 11.1 Å². The van der Waals surface area contributed by atoms with Crippen LogP contribution in [0.5, 0.6) is 0 Å². The molecule has 8 heavy (non-hydrogen) atoms. The van der Waals surface area contributed by atoms with Crippen molar-refractivity contribution in [3.63, 3.8) is 0 Å². The summed E-state index contributed by atoms with van der Waals surface area (Å²) in [6.07, 6.45) is 5.95. The molecule has 0 aliphatic carbocycles. The topological polar surface area (TPSA) is 0 Å². The first-order valence-corrected chi connectivity index (χ1v) is 5.64. The van der Waals surface area contributed by atoms with E-state index >= 15 is 0 Å². The third kappa shape index (κ3) is 5.99. The molecule has 0 rings (SSSR count). The molecule has 0 atom stereocenters. The highest BCUT2D eigenvalue weighted by molar-refractivity contribution is 7.09. The molecule has 0 saturated heterocycles. The zero-order valence-electron chi connectivity index (χ0n) is 5.19. The molecule has 0 nitrogen and oxygen atoms in total. The molecule has 0 heterocycles. The number of hydrogen-bond acceptors (Lipinski definition) is 0. The van der Waals surface area contributed by atoms with Crippen molar-refractivity contribution in [3.8, 4) is 0 Å². The van der Waals surface area contributed by atoms with Gasteiger partial charge < -0.3 is 0 Å². The first-order valence-electron chi connectivity index (χ1n) is 2.56. The second-order valence-corrected chi connectivity index (χ2v) is 4.77. The van der Waals surface area contributed by atoms with Crippen LogP contribution in [0.25, 0.3) is 0 Å². The maximum atomic E-state index is 5.69. The zero-order valence-corrected chi connectivity index (χ0v) is 6.94. The van der Waals surface area contributed by atoms with Crippen LogP contribution in [0.1, 0.15) is 6.92 Å². The van der Waals surface area contributed by atoms with Crippen LogP contribution < -0.4 is 0 Å². The van der Waals surface area contributed by atoms with Gasteiger partial charge in [0.15, 0.2) is 8.11 Å². The molecule has 0 N–H and O–H groups in total. The summed E-state index contributed by atoms with van der Waals surface area (Å²) in [6.45, 7) is 4.02. The van der Waals surface area contributed by atoms with E-state index in [2.05, 4.69) is 0 Å². The lowest BCUT2D eigenvalue weighted by Gasteiger charge is -1.81. The van der Waals surface area contributed by atoms with Gasteiger partial charge in [0, 0.05) is 0 Å². The fourth-order valence-electron chi connectivity index (χ4n) is 0.299. The Bertz CT molecular complexity index is 94.7. The van der Waals surface area contributed by atoms with Gasteiger partial charge in [-0.25, -0.2) is 0 Å². The van der Waals surface area contributed by atoms with Gasteiger partial charge in [-0.15, -0.1) is 0 Å². The van der Waals surface area contributed by atoms with E-state index < -0.39 is 8.11 Å². The highest BCUT2D eigenvalue weighted by Gasteiger charge is 1.86. The van der Waals surface area contributed by atoms with E-state index in [-0.39, 0.29) is 0 Å². The molecule has 1 radical (unpaired) electrons. The summed E-state index contributed by atoms with van der Waals surface area (Å²) >= 11 is 5.69. The maximum Gasteiger partial charge on any atom is 0.188 e. The molecule has 0 aliphatic rings. The van der Waals surface area contributed by atoms with Crippen LogP contribution in [0.3, 0.4) is 0 Å². The van der Waals surface area contributed by atoms with E-state index in [9.17, 15) is 0 Å². The molecule has 0 aliphatic heterocycles. The molecule has 45 valence electrons. The molecule has 0 amide bonds. The van der Waals surface area contributed by atoms with Crippen LogP contribution in [-0.4, -0.2) is 8.11 Å². The first kappa shape index (κ1) is 7.99. The van der Waals surface area contributed by atoms with Gasteiger partial charge in [0.1, 0.15) is 0 Å². The van der Waals surface area contributed by atoms with Gasteiger partial charge in [0.05, 0.1) is 0 Å². The van der Waals surface area contributed by atoms with Crippen LogP contribution in [-0.2, 0) is 0 Å². The Morgan fingerprint density at radius 3 is 2.38 bits per heavy atom. The number of hydrogen-bond donors (Lipinski definition) is 0. The Hall–Kier alpha value is -0.0131. The highest BCUT2D eigenvalue weighted by atomic mass is 35.6. The smallest absolute Gasteiger partial charge is 0.164 e. The normalized spacial score (nSPS) is 12.5. The van der Waals surface area contributed by atoms with Crippen molar-refractivity contribution in [1.29, 1.82) is 0 Å². The molecule has 0 bridgehead atoms. The minimum Gasteiger partial charge on any atom is -0.164 e. The van der Waals surface area contributed by atoms with Gasteiger partial charge >= 0.3 is 0 Å². The predicted molar refractivity (Wildman–Crippen MR) is 41.4 cm³/mol. The van der Waals surface area contributed by atoms with Crippen LogP contribution >= 0.6 is 11.1 Å². The molecule has 0 aromatic heterocycles. The quantitative estimate of drug-likeness (QED) is 0.318. The molecule has 0 saturated carbocycles. The van der Waals surface area contributed by atoms with E-state index in [1.54, 1.807) is 0 Å². The minimum atomic E-state index is -0.667. The standard InChI is InChI=1S/C6H10ClSi/c1-3-4-5-6-8(2)7/h3-6H,1-2H3/b4-3+,6-5+. The lowest BCUT2D eigenvalue weighted by atomic mass is 10.5. The van der Waals surface area contributed by atoms with Crippen molar-refractivity contribution in [3.05, 3.63) is 23.9 Å². The minimum absolute atomic E-state index is 0.667. The number of rotatable bonds is 2. The van der Waals surface area contributed by atoms with Crippen LogP contribution in [0, 0.1) is 0 Å². The largest absolute Gasteiger partial charge is 0.188 e. The van der Waals surface area contributed by atoms with Gasteiger partial charge in [-0.1, -0.05) is 30.5 Å². The van der Waals surface area contributed by atoms with Gasteiger partial charge in [-0.3, -0.25) is 0 Å². The SMILES string of the molecule is C/C=C/C=C/[Si](C)Cl. The summed E-state index contributed by atoms with van der Waals surface area (Å²) < 4.78 is 0. The average molecular weight is 146 g/mol. The highest BCUT2D eigenvalue weighted by Crippen LogP contribution is 1.89. The summed E-state index contributed by atoms with van der Waals surface area (Å²) in [4.78, 5) is 0. The van der Waals surface area contributed by atoms with Crippen molar-refractivity contribution < 1.29 is 0 Å². The van der Waals surface area contributed by atoms with Crippen LogP contribution in [0.2, 0.25) is 6.55 Å². The second-order valence-electron chi connectivity index (χ2n) is 1.47. The van der Waals surface area contributed by atoms with E-state index in [4.69, 9.17) is 11.1 Å². The molecular weight excluding hydrogens is 136 g/mol. The Kier molecular flexibility index (Phi) is 5.12. The van der Waals surface area contributed by atoms with Gasteiger partial charge in [-0.05, 0) is 6.92 Å². The maximum absolute atomic E-state index is 5.69. The summed E-state index contributed by atoms with van der Waals surface area (Å²) in [5.74, 6) is 0. The molecule has 0 spiro atoms. The fourth-order valence-corrected chi connectivity index (χ4v) is 0.894. The van der Waals surface area contributed by atoms with Crippen molar-refractivity contribution in [2.75, 3.05) is 0 Å². The van der Waals surface area contributed by atoms with Crippen molar-refractivity contribution >= 4 is 19.2 Å². The lowest BCUT2D eigenvalue weighted by molar-refractivity contribution is 1.74. The second kappa shape index (κ2) is 5.13. The number of halogens is 1. The van der Waals surface area contributed by atoms with E-state index in [0.717, 1.165) is 0 Å². The van der Waals surface area contributed by atoms with E-state index in [1.807, 2.05) is 37.4 Å². The fraction of sp³-hybridized carbons (Fsp3) is 0.333. The lowest BCUT2D eigenvalue weighted by Crippen LogP contribution is -1.86. The number of allylic oxidation sites excluding steroid dienone is 3. The third-order valence-corrected chi connectivity index (χ3v) is 1.66. The Morgan fingerprint density at radius 2 is 2.00 bits per heavy atom. The molecule has 0 aromatic carbocycles. The molecule has 0 aromatic rings. The molecule has 0 unspecified atom stereocenters. The zero-order chi connectivity index (χ0) is 6.41. The average Bonchev–Trinajstić information content (AvgIpc) is 1.66. The summed E-state index contributed by atoms with van der Waals surface area (Å²) in [5, 5.41) is 0. The molecule has 0 fully saturated rings. The monoisotopic (exact) mass is 145 g/mol. The van der Waals surface area contributed by atoms with E-state index in [0.29, 0.717) is 0 Å². The summed E-state index contributed by atoms with van der Waals surface area (Å²) in [6, 6.07) is 0. The molecule has 2 heteroatoms. The van der Waals surface area contributed by atoms with Crippen LogP contribution in [0.4, 0.5) is 0 Å². The first-order chi connectivity index (χ1) is 3.77. The van der Waals surface area contributed by atoms with Crippen LogP contribution in [0.15, 0.2) is 23.9 Å². The predicted octanol–water partition coefficient (Wildman–Crippen LogP) is 2.52. The summed E-state index contributed by atoms with van der Waals surface area (Å²) in [5.41, 5.74) is 2.03. The Labute approximate surface area is 57.2 Å². The third-order valence-electron chi connectivity index (χ3n) is 0.629. The Morgan fingerprint density at radius 1 is 1.38 bits per heavy atom. The van der Waals surface area contributed by atoms with Gasteiger partial charge in [0.25, 0.3) is 0 Å². The van der Waals surface area contributed by atoms with E-state index in [1.165, 1.54) is 0 Å². The van der Waals surface area contributed by atoms with Crippen molar-refractivity contribution in [2.45, 2.75) is 13.5 Å². The van der Waals surface area contributed by atoms with Crippen molar-refractivity contribution in [1.82, 2.24) is 0 Å². The summed E-state index contributed by atoms with van der Waals surface area (Å²) in [7, 11) is -0.667. The van der Waals surface area contributed by atoms with Gasteiger partial charge in [0.2, 0.25) is 0 Å². The Balaban J connectivity index is 3.34. The molecular formula is C6H10ClSi.